The van der Waals surface area contributed by atoms with Gasteiger partial charge in [0.15, 0.2) is 5.78 Å². The molecule has 0 saturated carbocycles. The van der Waals surface area contributed by atoms with Crippen LogP contribution in [0.1, 0.15) is 49.4 Å². The van der Waals surface area contributed by atoms with Crippen molar-refractivity contribution >= 4 is 11.6 Å². The molecule has 0 aliphatic rings. The Bertz CT molecular complexity index is 420. The molecule has 0 heterocycles. The molecule has 19 heavy (non-hydrogen) atoms. The van der Waals surface area contributed by atoms with Gasteiger partial charge in [0.05, 0.1) is 5.92 Å². The van der Waals surface area contributed by atoms with Crippen LogP contribution >= 0.6 is 0 Å². The zero-order chi connectivity index (χ0) is 14.1. The molecule has 0 aromatic heterocycles. The minimum Gasteiger partial charge on any atom is -0.299 e. The predicted octanol–water partition coefficient (Wildman–Crippen LogP) is 4.21. The maximum atomic E-state index is 12.3. The van der Waals surface area contributed by atoms with E-state index < -0.39 is 5.92 Å². The van der Waals surface area contributed by atoms with Crippen molar-refractivity contribution in [1.82, 2.24) is 0 Å². The molecule has 2 heteroatoms. The fourth-order valence-corrected chi connectivity index (χ4v) is 2.08. The second-order valence-electron chi connectivity index (χ2n) is 4.73. The van der Waals surface area contributed by atoms with E-state index in [0.29, 0.717) is 18.4 Å². The van der Waals surface area contributed by atoms with Gasteiger partial charge in [-0.2, -0.15) is 0 Å². The Kier molecular flexibility index (Phi) is 6.80. The number of benzene rings is 1. The van der Waals surface area contributed by atoms with Crippen LogP contribution in [0.5, 0.6) is 0 Å². The summed E-state index contributed by atoms with van der Waals surface area (Å²) in [5.74, 6) is -0.596. The minimum atomic E-state index is -0.559. The Balaban J connectivity index is 2.73. The minimum absolute atomic E-state index is 0.0437. The predicted molar refractivity (Wildman–Crippen MR) is 78.2 cm³/mol. The quantitative estimate of drug-likeness (QED) is 0.288. The fraction of sp³-hybridized carbons (Fsp3) is 0.412. The number of hydrogen-bond donors (Lipinski definition) is 0. The number of Topliss-reactive ketones (excluding diaryl/α,β-unsaturated/α-hetero) is 2. The largest absolute Gasteiger partial charge is 0.299 e. The van der Waals surface area contributed by atoms with Crippen LogP contribution in [0.4, 0.5) is 0 Å². The third-order valence-corrected chi connectivity index (χ3v) is 3.19. The SMILES string of the molecule is C=CCC(C(=O)CCCCC)C(=O)c1ccccc1. The number of carbonyl (C=O) groups is 2. The van der Waals surface area contributed by atoms with Crippen molar-refractivity contribution in [2.75, 3.05) is 0 Å². The van der Waals surface area contributed by atoms with E-state index in [9.17, 15) is 9.59 Å². The molecular weight excluding hydrogens is 236 g/mol. The van der Waals surface area contributed by atoms with E-state index in [1.54, 1.807) is 18.2 Å². The van der Waals surface area contributed by atoms with Crippen LogP contribution in [0.25, 0.3) is 0 Å². The van der Waals surface area contributed by atoms with Gasteiger partial charge in [-0.3, -0.25) is 9.59 Å². The summed E-state index contributed by atoms with van der Waals surface area (Å²) in [4.78, 5) is 24.5. The molecule has 1 atom stereocenters. The summed E-state index contributed by atoms with van der Waals surface area (Å²) < 4.78 is 0. The van der Waals surface area contributed by atoms with E-state index in [4.69, 9.17) is 0 Å². The molecule has 0 aliphatic carbocycles. The normalized spacial score (nSPS) is 11.8. The molecule has 1 rings (SSSR count). The first-order valence-corrected chi connectivity index (χ1v) is 6.93. The van der Waals surface area contributed by atoms with E-state index in [1.165, 1.54) is 0 Å². The molecule has 0 amide bonds. The van der Waals surface area contributed by atoms with Crippen molar-refractivity contribution in [1.29, 1.82) is 0 Å². The Morgan fingerprint density at radius 3 is 2.47 bits per heavy atom. The van der Waals surface area contributed by atoms with Crippen LogP contribution in [0.2, 0.25) is 0 Å². The van der Waals surface area contributed by atoms with Gasteiger partial charge in [-0.15, -0.1) is 6.58 Å². The highest BCUT2D eigenvalue weighted by Gasteiger charge is 2.25. The highest BCUT2D eigenvalue weighted by Crippen LogP contribution is 2.17. The lowest BCUT2D eigenvalue weighted by Gasteiger charge is -2.13. The Morgan fingerprint density at radius 2 is 1.89 bits per heavy atom. The van der Waals surface area contributed by atoms with E-state index in [0.717, 1.165) is 19.3 Å². The second-order valence-corrected chi connectivity index (χ2v) is 4.73. The lowest BCUT2D eigenvalue weighted by atomic mass is 9.88. The van der Waals surface area contributed by atoms with Crippen molar-refractivity contribution in [2.24, 2.45) is 5.92 Å². The number of carbonyl (C=O) groups excluding carboxylic acids is 2. The molecule has 0 bridgehead atoms. The van der Waals surface area contributed by atoms with E-state index in [-0.39, 0.29) is 11.6 Å². The van der Waals surface area contributed by atoms with Gasteiger partial charge in [0, 0.05) is 12.0 Å². The zero-order valence-corrected chi connectivity index (χ0v) is 11.6. The van der Waals surface area contributed by atoms with Gasteiger partial charge in [0.2, 0.25) is 0 Å². The summed E-state index contributed by atoms with van der Waals surface area (Å²) in [6, 6.07) is 9.03. The number of rotatable bonds is 9. The third kappa shape index (κ3) is 4.82. The molecule has 0 N–H and O–H groups in total. The first kappa shape index (κ1) is 15.4. The second kappa shape index (κ2) is 8.41. The van der Waals surface area contributed by atoms with Gasteiger partial charge in [-0.25, -0.2) is 0 Å². The molecule has 0 fully saturated rings. The average Bonchev–Trinajstić information content (AvgIpc) is 2.45. The van der Waals surface area contributed by atoms with Crippen molar-refractivity contribution < 1.29 is 9.59 Å². The van der Waals surface area contributed by atoms with Crippen LogP contribution in [-0.4, -0.2) is 11.6 Å². The monoisotopic (exact) mass is 258 g/mol. The van der Waals surface area contributed by atoms with Crippen LogP contribution < -0.4 is 0 Å². The van der Waals surface area contributed by atoms with E-state index in [2.05, 4.69) is 13.5 Å². The summed E-state index contributed by atoms with van der Waals surface area (Å²) in [5.41, 5.74) is 0.609. The Labute approximate surface area is 115 Å². The molecule has 0 spiro atoms. The molecule has 0 saturated heterocycles. The van der Waals surface area contributed by atoms with Gasteiger partial charge >= 0.3 is 0 Å². The summed E-state index contributed by atoms with van der Waals surface area (Å²) in [7, 11) is 0. The highest BCUT2D eigenvalue weighted by molar-refractivity contribution is 6.10. The average molecular weight is 258 g/mol. The number of unbranched alkanes of at least 4 members (excludes halogenated alkanes) is 2. The van der Waals surface area contributed by atoms with Crippen LogP contribution in [0.15, 0.2) is 43.0 Å². The maximum absolute atomic E-state index is 12.3. The topological polar surface area (TPSA) is 34.1 Å². The summed E-state index contributed by atoms with van der Waals surface area (Å²) in [6.07, 6.45) is 5.55. The summed E-state index contributed by atoms with van der Waals surface area (Å²) >= 11 is 0. The molecule has 0 radical (unpaired) electrons. The number of ketones is 2. The van der Waals surface area contributed by atoms with E-state index in [1.807, 2.05) is 18.2 Å². The first-order valence-electron chi connectivity index (χ1n) is 6.93. The molecular formula is C17H22O2. The molecule has 2 nitrogen and oxygen atoms in total. The lowest BCUT2D eigenvalue weighted by Crippen LogP contribution is -2.23. The fourth-order valence-electron chi connectivity index (χ4n) is 2.08. The summed E-state index contributed by atoms with van der Waals surface area (Å²) in [6.45, 7) is 5.75. The number of hydrogen-bond acceptors (Lipinski definition) is 2. The van der Waals surface area contributed by atoms with Crippen molar-refractivity contribution in [3.05, 3.63) is 48.6 Å². The van der Waals surface area contributed by atoms with Crippen molar-refractivity contribution in [2.45, 2.75) is 39.0 Å². The molecule has 1 aromatic rings. The molecule has 1 aromatic carbocycles. The standard InChI is InChI=1S/C17H22O2/c1-3-5-7-13-16(18)15(10-4-2)17(19)14-11-8-6-9-12-14/h4,6,8-9,11-12,15H,2-3,5,7,10,13H2,1H3. The lowest BCUT2D eigenvalue weighted by molar-refractivity contribution is -0.121. The van der Waals surface area contributed by atoms with Gasteiger partial charge in [0.1, 0.15) is 5.78 Å². The Morgan fingerprint density at radius 1 is 1.21 bits per heavy atom. The van der Waals surface area contributed by atoms with Crippen molar-refractivity contribution in [3.8, 4) is 0 Å². The van der Waals surface area contributed by atoms with Gasteiger partial charge < -0.3 is 0 Å². The Hall–Kier alpha value is -1.70. The number of allylic oxidation sites excluding steroid dienone is 1. The van der Waals surface area contributed by atoms with Crippen LogP contribution in [0.3, 0.4) is 0 Å². The maximum Gasteiger partial charge on any atom is 0.173 e. The molecule has 0 aliphatic heterocycles. The van der Waals surface area contributed by atoms with Gasteiger partial charge in [0.25, 0.3) is 0 Å². The van der Waals surface area contributed by atoms with Gasteiger partial charge in [-0.05, 0) is 12.8 Å². The third-order valence-electron chi connectivity index (χ3n) is 3.19. The van der Waals surface area contributed by atoms with Crippen LogP contribution in [0, 0.1) is 5.92 Å². The van der Waals surface area contributed by atoms with E-state index >= 15 is 0 Å². The van der Waals surface area contributed by atoms with Crippen molar-refractivity contribution in [3.63, 3.8) is 0 Å². The summed E-state index contributed by atoms with van der Waals surface area (Å²) in [5, 5.41) is 0. The first-order chi connectivity index (χ1) is 9.20. The molecule has 1 unspecified atom stereocenters. The highest BCUT2D eigenvalue weighted by atomic mass is 16.1. The smallest absolute Gasteiger partial charge is 0.173 e. The zero-order valence-electron chi connectivity index (χ0n) is 11.6. The van der Waals surface area contributed by atoms with Gasteiger partial charge in [-0.1, -0.05) is 56.2 Å². The molecule has 102 valence electrons. The van der Waals surface area contributed by atoms with Crippen LogP contribution in [-0.2, 0) is 4.79 Å².